The lowest BCUT2D eigenvalue weighted by atomic mass is 10.2. The summed E-state index contributed by atoms with van der Waals surface area (Å²) in [5, 5.41) is 0.402. The number of rotatable bonds is 3. The van der Waals surface area contributed by atoms with Crippen LogP contribution in [-0.4, -0.2) is 9.97 Å². The molecule has 17 heavy (non-hydrogen) atoms. The zero-order valence-corrected chi connectivity index (χ0v) is 10.5. The Balaban J connectivity index is 2.26. The van der Waals surface area contributed by atoms with Crippen LogP contribution in [0.2, 0.25) is 5.15 Å². The van der Waals surface area contributed by atoms with E-state index in [9.17, 15) is 0 Å². The van der Waals surface area contributed by atoms with Crippen LogP contribution < -0.4 is 4.74 Å². The number of hydrogen-bond donors (Lipinski definition) is 0. The predicted molar refractivity (Wildman–Crippen MR) is 67.7 cm³/mol. The Hall–Kier alpha value is -1.61. The molecule has 0 aliphatic carbocycles. The number of aromatic nitrogens is 2. The molecule has 0 saturated carbocycles. The van der Waals surface area contributed by atoms with E-state index in [1.807, 2.05) is 38.1 Å². The Morgan fingerprint density at radius 3 is 2.76 bits per heavy atom. The second-order valence-electron chi connectivity index (χ2n) is 3.72. The second-order valence-corrected chi connectivity index (χ2v) is 4.10. The number of hydrogen-bond acceptors (Lipinski definition) is 3. The van der Waals surface area contributed by atoms with Gasteiger partial charge in [0.05, 0.1) is 0 Å². The Morgan fingerprint density at radius 2 is 2.06 bits per heavy atom. The van der Waals surface area contributed by atoms with E-state index < -0.39 is 0 Å². The zero-order valence-electron chi connectivity index (χ0n) is 9.77. The molecular weight excluding hydrogens is 236 g/mol. The van der Waals surface area contributed by atoms with Gasteiger partial charge < -0.3 is 4.74 Å². The molecule has 0 fully saturated rings. The van der Waals surface area contributed by atoms with Gasteiger partial charge in [0, 0.05) is 12.5 Å². The summed E-state index contributed by atoms with van der Waals surface area (Å²) < 4.78 is 5.65. The average molecular weight is 249 g/mol. The van der Waals surface area contributed by atoms with Gasteiger partial charge in [-0.1, -0.05) is 30.7 Å². The SMILES string of the molecule is CCc1nc(Cl)cc(Oc2cccc(C)c2)n1. The van der Waals surface area contributed by atoms with Gasteiger partial charge in [0.25, 0.3) is 0 Å². The van der Waals surface area contributed by atoms with Crippen molar-refractivity contribution in [2.45, 2.75) is 20.3 Å². The van der Waals surface area contributed by atoms with Crippen LogP contribution >= 0.6 is 11.6 Å². The molecule has 2 rings (SSSR count). The van der Waals surface area contributed by atoms with Gasteiger partial charge >= 0.3 is 0 Å². The van der Waals surface area contributed by atoms with E-state index in [4.69, 9.17) is 16.3 Å². The van der Waals surface area contributed by atoms with E-state index in [1.54, 1.807) is 6.07 Å². The highest BCUT2D eigenvalue weighted by Crippen LogP contribution is 2.22. The molecule has 0 radical (unpaired) electrons. The van der Waals surface area contributed by atoms with Crippen molar-refractivity contribution in [1.82, 2.24) is 9.97 Å². The van der Waals surface area contributed by atoms with E-state index in [0.717, 1.165) is 17.7 Å². The van der Waals surface area contributed by atoms with E-state index in [2.05, 4.69) is 9.97 Å². The normalized spacial score (nSPS) is 10.3. The minimum atomic E-state index is 0.402. The Kier molecular flexibility index (Phi) is 3.59. The van der Waals surface area contributed by atoms with Crippen LogP contribution in [-0.2, 0) is 6.42 Å². The average Bonchev–Trinajstić information content (AvgIpc) is 2.28. The Labute approximate surface area is 105 Å². The van der Waals surface area contributed by atoms with Gasteiger partial charge in [-0.05, 0) is 24.6 Å². The smallest absolute Gasteiger partial charge is 0.224 e. The molecule has 0 aliphatic rings. The van der Waals surface area contributed by atoms with Gasteiger partial charge in [-0.25, -0.2) is 4.98 Å². The first-order valence-electron chi connectivity index (χ1n) is 5.45. The number of aryl methyl sites for hydroxylation is 2. The molecule has 1 heterocycles. The van der Waals surface area contributed by atoms with Crippen LogP contribution in [0.25, 0.3) is 0 Å². The molecular formula is C13H13ClN2O. The molecule has 0 atom stereocenters. The first-order chi connectivity index (χ1) is 8.17. The monoisotopic (exact) mass is 248 g/mol. The van der Waals surface area contributed by atoms with Crippen LogP contribution in [0.5, 0.6) is 11.6 Å². The van der Waals surface area contributed by atoms with Crippen molar-refractivity contribution in [2.75, 3.05) is 0 Å². The highest BCUT2D eigenvalue weighted by molar-refractivity contribution is 6.29. The van der Waals surface area contributed by atoms with E-state index in [0.29, 0.717) is 16.9 Å². The van der Waals surface area contributed by atoms with Crippen molar-refractivity contribution in [2.24, 2.45) is 0 Å². The van der Waals surface area contributed by atoms with Crippen molar-refractivity contribution in [1.29, 1.82) is 0 Å². The predicted octanol–water partition coefficient (Wildman–Crippen LogP) is 3.79. The summed E-state index contributed by atoms with van der Waals surface area (Å²) in [5.41, 5.74) is 1.14. The van der Waals surface area contributed by atoms with Gasteiger partial charge in [0.2, 0.25) is 5.88 Å². The molecule has 2 aromatic rings. The fourth-order valence-corrected chi connectivity index (χ4v) is 1.64. The third kappa shape index (κ3) is 3.17. The first-order valence-corrected chi connectivity index (χ1v) is 5.83. The van der Waals surface area contributed by atoms with E-state index in [1.165, 1.54) is 0 Å². The summed E-state index contributed by atoms with van der Waals surface area (Å²) in [6.45, 7) is 3.99. The van der Waals surface area contributed by atoms with Crippen LogP contribution in [0.15, 0.2) is 30.3 Å². The van der Waals surface area contributed by atoms with Crippen molar-refractivity contribution < 1.29 is 4.74 Å². The summed E-state index contributed by atoms with van der Waals surface area (Å²) in [6, 6.07) is 9.39. The third-order valence-electron chi connectivity index (χ3n) is 2.25. The standard InChI is InChI=1S/C13H13ClN2O/c1-3-12-15-11(14)8-13(16-12)17-10-6-4-5-9(2)7-10/h4-8H,3H2,1-2H3. The van der Waals surface area contributed by atoms with Gasteiger partial charge in [-0.15, -0.1) is 0 Å². The fourth-order valence-electron chi connectivity index (χ4n) is 1.45. The molecule has 0 aliphatic heterocycles. The highest BCUT2D eigenvalue weighted by Gasteiger charge is 2.04. The summed E-state index contributed by atoms with van der Waals surface area (Å²) in [7, 11) is 0. The van der Waals surface area contributed by atoms with Crippen molar-refractivity contribution in [3.63, 3.8) is 0 Å². The summed E-state index contributed by atoms with van der Waals surface area (Å²) >= 11 is 5.90. The molecule has 0 saturated heterocycles. The molecule has 0 unspecified atom stereocenters. The lowest BCUT2D eigenvalue weighted by Crippen LogP contribution is -1.96. The fraction of sp³-hybridized carbons (Fsp3) is 0.231. The van der Waals surface area contributed by atoms with Gasteiger partial charge in [0.1, 0.15) is 16.7 Å². The van der Waals surface area contributed by atoms with E-state index in [-0.39, 0.29) is 0 Å². The van der Waals surface area contributed by atoms with Crippen molar-refractivity contribution in [3.05, 3.63) is 46.9 Å². The maximum absolute atomic E-state index is 5.90. The number of ether oxygens (including phenoxy) is 1. The zero-order chi connectivity index (χ0) is 12.3. The Bertz CT molecular complexity index is 529. The van der Waals surface area contributed by atoms with Crippen LogP contribution in [0.1, 0.15) is 18.3 Å². The van der Waals surface area contributed by atoms with Gasteiger partial charge in [0.15, 0.2) is 0 Å². The topological polar surface area (TPSA) is 35.0 Å². The maximum atomic E-state index is 5.90. The molecule has 0 bridgehead atoms. The molecule has 0 N–H and O–H groups in total. The maximum Gasteiger partial charge on any atom is 0.224 e. The third-order valence-corrected chi connectivity index (χ3v) is 2.44. The van der Waals surface area contributed by atoms with E-state index >= 15 is 0 Å². The molecule has 3 nitrogen and oxygen atoms in total. The summed E-state index contributed by atoms with van der Waals surface area (Å²) in [4.78, 5) is 8.35. The highest BCUT2D eigenvalue weighted by atomic mass is 35.5. The number of nitrogens with zero attached hydrogens (tertiary/aromatic N) is 2. The van der Waals surface area contributed by atoms with Gasteiger partial charge in [-0.3, -0.25) is 0 Å². The van der Waals surface area contributed by atoms with Crippen molar-refractivity contribution in [3.8, 4) is 11.6 Å². The molecule has 1 aromatic carbocycles. The Morgan fingerprint density at radius 1 is 1.24 bits per heavy atom. The minimum Gasteiger partial charge on any atom is -0.439 e. The molecule has 88 valence electrons. The lowest BCUT2D eigenvalue weighted by Gasteiger charge is -2.06. The van der Waals surface area contributed by atoms with Crippen molar-refractivity contribution >= 4 is 11.6 Å². The minimum absolute atomic E-state index is 0.402. The first kappa shape index (κ1) is 11.9. The second kappa shape index (κ2) is 5.15. The summed E-state index contributed by atoms with van der Waals surface area (Å²) in [5.74, 6) is 1.91. The quantitative estimate of drug-likeness (QED) is 0.775. The molecule has 0 amide bonds. The van der Waals surface area contributed by atoms with Gasteiger partial charge in [-0.2, -0.15) is 4.98 Å². The molecule has 1 aromatic heterocycles. The van der Waals surface area contributed by atoms with Crippen LogP contribution in [0.4, 0.5) is 0 Å². The molecule has 0 spiro atoms. The van der Waals surface area contributed by atoms with Crippen LogP contribution in [0.3, 0.4) is 0 Å². The number of halogens is 1. The lowest BCUT2D eigenvalue weighted by molar-refractivity contribution is 0.458. The van der Waals surface area contributed by atoms with Crippen LogP contribution in [0, 0.1) is 6.92 Å². The number of benzene rings is 1. The molecule has 4 heteroatoms. The largest absolute Gasteiger partial charge is 0.439 e. The summed E-state index contributed by atoms with van der Waals surface area (Å²) in [6.07, 6.45) is 0.727.